The fourth-order valence-corrected chi connectivity index (χ4v) is 2.31. The molecule has 2 rings (SSSR count). The topological polar surface area (TPSA) is 38.2 Å². The number of hydrogen-bond donors (Lipinski definition) is 0. The molecule has 2 unspecified atom stereocenters. The number of hydrogen-bond acceptors (Lipinski definition) is 4. The minimum atomic E-state index is 0.185. The number of halogens is 1. The number of aromatic nitrogens is 2. The Balaban J connectivity index is 2.19. The van der Waals surface area contributed by atoms with Crippen LogP contribution >= 0.6 is 11.6 Å². The van der Waals surface area contributed by atoms with E-state index in [0.717, 1.165) is 31.2 Å². The van der Waals surface area contributed by atoms with Crippen molar-refractivity contribution < 1.29 is 4.74 Å². The summed E-state index contributed by atoms with van der Waals surface area (Å²) in [7, 11) is 1.62. The highest BCUT2D eigenvalue weighted by molar-refractivity contribution is 6.21. The summed E-state index contributed by atoms with van der Waals surface area (Å²) in [6, 6.07) is 1.87. The predicted molar refractivity (Wildman–Crippen MR) is 69.0 cm³/mol. The Labute approximate surface area is 107 Å². The fourth-order valence-electron chi connectivity index (χ4n) is 2.02. The van der Waals surface area contributed by atoms with E-state index in [0.29, 0.717) is 11.8 Å². The Bertz CT molecular complexity index is 399. The van der Waals surface area contributed by atoms with Crippen molar-refractivity contribution >= 4 is 17.4 Å². The van der Waals surface area contributed by atoms with Gasteiger partial charge in [-0.3, -0.25) is 0 Å². The first kappa shape index (κ1) is 12.4. The molecule has 0 saturated carbocycles. The Hall–Kier alpha value is -1.03. The van der Waals surface area contributed by atoms with Crippen molar-refractivity contribution in [1.82, 2.24) is 9.97 Å². The van der Waals surface area contributed by atoms with Crippen LogP contribution in [0.2, 0.25) is 0 Å². The molecule has 94 valence electrons. The molecule has 2 atom stereocenters. The lowest BCUT2D eigenvalue weighted by atomic mass is 9.99. The molecule has 1 aliphatic rings. The third-order valence-corrected chi connectivity index (χ3v) is 3.77. The standard InChI is InChI=1S/C12H18ClN3O/c1-8-4-5-16(7-10(8)13)11-6-12(17-3)15-9(2)14-11/h6,8,10H,4-5,7H2,1-3H3. The van der Waals surface area contributed by atoms with Crippen molar-refractivity contribution in [3.8, 4) is 5.88 Å². The van der Waals surface area contributed by atoms with Gasteiger partial charge in [-0.25, -0.2) is 4.98 Å². The summed E-state index contributed by atoms with van der Waals surface area (Å²) in [6.07, 6.45) is 1.10. The van der Waals surface area contributed by atoms with Crippen LogP contribution in [0, 0.1) is 12.8 Å². The average Bonchev–Trinajstić information content (AvgIpc) is 2.32. The zero-order valence-electron chi connectivity index (χ0n) is 10.5. The van der Waals surface area contributed by atoms with Crippen molar-refractivity contribution in [2.24, 2.45) is 5.92 Å². The number of methoxy groups -OCH3 is 1. The quantitative estimate of drug-likeness (QED) is 0.760. The fraction of sp³-hybridized carbons (Fsp3) is 0.667. The van der Waals surface area contributed by atoms with Crippen LogP contribution in [0.3, 0.4) is 0 Å². The number of aryl methyl sites for hydroxylation is 1. The maximum Gasteiger partial charge on any atom is 0.218 e. The van der Waals surface area contributed by atoms with Gasteiger partial charge in [0.2, 0.25) is 5.88 Å². The number of piperidine rings is 1. The van der Waals surface area contributed by atoms with Crippen molar-refractivity contribution in [2.45, 2.75) is 25.6 Å². The summed E-state index contributed by atoms with van der Waals surface area (Å²) in [5, 5.41) is 0.185. The molecule has 1 aromatic rings. The summed E-state index contributed by atoms with van der Waals surface area (Å²) in [6.45, 7) is 5.89. The van der Waals surface area contributed by atoms with Crippen LogP contribution in [0.15, 0.2) is 6.07 Å². The van der Waals surface area contributed by atoms with E-state index in [-0.39, 0.29) is 5.38 Å². The lowest BCUT2D eigenvalue weighted by molar-refractivity contribution is 0.394. The van der Waals surface area contributed by atoms with E-state index >= 15 is 0 Å². The molecule has 0 radical (unpaired) electrons. The van der Waals surface area contributed by atoms with Gasteiger partial charge in [-0.05, 0) is 19.3 Å². The van der Waals surface area contributed by atoms with E-state index < -0.39 is 0 Å². The normalized spacial score (nSPS) is 24.8. The first-order valence-corrected chi connectivity index (χ1v) is 6.32. The maximum atomic E-state index is 6.31. The van der Waals surface area contributed by atoms with E-state index in [4.69, 9.17) is 16.3 Å². The number of alkyl halides is 1. The van der Waals surface area contributed by atoms with Gasteiger partial charge in [0.25, 0.3) is 0 Å². The molecule has 4 nitrogen and oxygen atoms in total. The van der Waals surface area contributed by atoms with Crippen LogP contribution in [0.25, 0.3) is 0 Å². The summed E-state index contributed by atoms with van der Waals surface area (Å²) in [4.78, 5) is 10.8. The minimum Gasteiger partial charge on any atom is -0.481 e. The first-order chi connectivity index (χ1) is 8.10. The summed E-state index contributed by atoms with van der Waals surface area (Å²) < 4.78 is 5.16. The average molecular weight is 256 g/mol. The molecular weight excluding hydrogens is 238 g/mol. The van der Waals surface area contributed by atoms with Gasteiger partial charge >= 0.3 is 0 Å². The van der Waals surface area contributed by atoms with Crippen molar-refractivity contribution in [1.29, 1.82) is 0 Å². The van der Waals surface area contributed by atoms with E-state index in [1.165, 1.54) is 0 Å². The van der Waals surface area contributed by atoms with Gasteiger partial charge in [0.1, 0.15) is 11.6 Å². The molecule has 0 N–H and O–H groups in total. The molecule has 5 heteroatoms. The van der Waals surface area contributed by atoms with E-state index in [9.17, 15) is 0 Å². The lowest BCUT2D eigenvalue weighted by Gasteiger charge is -2.34. The minimum absolute atomic E-state index is 0.185. The van der Waals surface area contributed by atoms with Gasteiger partial charge in [-0.2, -0.15) is 4.98 Å². The molecule has 1 aromatic heterocycles. The molecule has 0 amide bonds. The second kappa shape index (κ2) is 5.08. The lowest BCUT2D eigenvalue weighted by Crippen LogP contribution is -2.40. The zero-order chi connectivity index (χ0) is 12.4. The molecule has 0 spiro atoms. The van der Waals surface area contributed by atoms with Crippen LogP contribution in [0.1, 0.15) is 19.2 Å². The van der Waals surface area contributed by atoms with Crippen LogP contribution in [0.5, 0.6) is 5.88 Å². The highest BCUT2D eigenvalue weighted by Gasteiger charge is 2.25. The van der Waals surface area contributed by atoms with Crippen molar-refractivity contribution in [3.63, 3.8) is 0 Å². The van der Waals surface area contributed by atoms with Crippen LogP contribution in [-0.2, 0) is 0 Å². The SMILES string of the molecule is COc1cc(N2CCC(C)C(Cl)C2)nc(C)n1. The van der Waals surface area contributed by atoms with Gasteiger partial charge in [0.05, 0.1) is 12.5 Å². The van der Waals surface area contributed by atoms with Gasteiger partial charge in [0, 0.05) is 19.2 Å². The van der Waals surface area contributed by atoms with Gasteiger partial charge < -0.3 is 9.64 Å². The number of ether oxygens (including phenoxy) is 1. The predicted octanol–water partition coefficient (Wildman–Crippen LogP) is 2.25. The second-order valence-corrected chi connectivity index (χ2v) is 5.10. The molecule has 0 aromatic carbocycles. The molecular formula is C12H18ClN3O. The molecule has 1 fully saturated rings. The van der Waals surface area contributed by atoms with Crippen LogP contribution in [0.4, 0.5) is 5.82 Å². The maximum absolute atomic E-state index is 6.31. The molecule has 1 aliphatic heterocycles. The van der Waals surface area contributed by atoms with Crippen LogP contribution < -0.4 is 9.64 Å². The van der Waals surface area contributed by atoms with Gasteiger partial charge in [-0.1, -0.05) is 6.92 Å². The Kier molecular flexibility index (Phi) is 3.72. The molecule has 17 heavy (non-hydrogen) atoms. The molecule has 1 saturated heterocycles. The third kappa shape index (κ3) is 2.80. The number of anilines is 1. The van der Waals surface area contributed by atoms with E-state index in [1.54, 1.807) is 7.11 Å². The smallest absolute Gasteiger partial charge is 0.218 e. The van der Waals surface area contributed by atoms with E-state index in [1.807, 2.05) is 13.0 Å². The number of nitrogens with zero attached hydrogens (tertiary/aromatic N) is 3. The Morgan fingerprint density at radius 3 is 2.88 bits per heavy atom. The summed E-state index contributed by atoms with van der Waals surface area (Å²) in [5.41, 5.74) is 0. The largest absolute Gasteiger partial charge is 0.481 e. The summed E-state index contributed by atoms with van der Waals surface area (Å²) >= 11 is 6.31. The van der Waals surface area contributed by atoms with Gasteiger partial charge in [0.15, 0.2) is 0 Å². The molecule has 2 heterocycles. The monoisotopic (exact) mass is 255 g/mol. The summed E-state index contributed by atoms with van der Waals surface area (Å²) in [5.74, 6) is 2.81. The van der Waals surface area contributed by atoms with Gasteiger partial charge in [-0.15, -0.1) is 11.6 Å². The highest BCUT2D eigenvalue weighted by Crippen LogP contribution is 2.26. The third-order valence-electron chi connectivity index (χ3n) is 3.20. The Morgan fingerprint density at radius 2 is 2.24 bits per heavy atom. The van der Waals surface area contributed by atoms with Crippen molar-refractivity contribution in [2.75, 3.05) is 25.1 Å². The number of rotatable bonds is 2. The second-order valence-electron chi connectivity index (χ2n) is 4.54. The molecule has 0 bridgehead atoms. The Morgan fingerprint density at radius 1 is 1.47 bits per heavy atom. The highest BCUT2D eigenvalue weighted by atomic mass is 35.5. The van der Waals surface area contributed by atoms with Crippen LogP contribution in [-0.4, -0.2) is 35.5 Å². The molecule has 0 aliphatic carbocycles. The van der Waals surface area contributed by atoms with Crippen molar-refractivity contribution in [3.05, 3.63) is 11.9 Å². The van der Waals surface area contributed by atoms with E-state index in [2.05, 4.69) is 21.8 Å². The first-order valence-electron chi connectivity index (χ1n) is 5.89. The zero-order valence-corrected chi connectivity index (χ0v) is 11.2.